The van der Waals surface area contributed by atoms with E-state index in [1.165, 1.54) is 334 Å². The molecule has 3 aliphatic heterocycles. The zero-order valence-corrected chi connectivity index (χ0v) is 72.6. The molecule has 3 heterocycles. The molecule has 3 fully saturated rings. The molecule has 12 N–H and O–H groups in total. The smallest absolute Gasteiger partial charge is 0.220 e. The van der Waals surface area contributed by atoms with Crippen molar-refractivity contribution < 1.29 is 89.4 Å². The number of aliphatic hydroxyl groups is 11. The van der Waals surface area contributed by atoms with Gasteiger partial charge in [0, 0.05) is 6.42 Å². The number of ether oxygens (including phenoxy) is 6. The Balaban J connectivity index is 1.30. The first kappa shape index (κ1) is 106. The Labute approximate surface area is 694 Å². The number of hydrogen-bond donors (Lipinski definition) is 12. The van der Waals surface area contributed by atoms with Gasteiger partial charge >= 0.3 is 0 Å². The predicted octanol–water partition coefficient (Wildman–Crippen LogP) is 19.1. The van der Waals surface area contributed by atoms with Crippen molar-refractivity contribution in [3.05, 3.63) is 48.6 Å². The third-order valence-corrected chi connectivity index (χ3v) is 23.9. The van der Waals surface area contributed by atoms with Crippen LogP contribution in [0.15, 0.2) is 48.6 Å². The van der Waals surface area contributed by atoms with Crippen molar-refractivity contribution in [2.24, 2.45) is 0 Å². The molecule has 0 saturated carbocycles. The van der Waals surface area contributed by atoms with Crippen LogP contribution in [0.4, 0.5) is 0 Å². The maximum absolute atomic E-state index is 13.5. The molecule has 17 atom stereocenters. The van der Waals surface area contributed by atoms with Gasteiger partial charge < -0.3 is 89.9 Å². The minimum atomic E-state index is -1.98. The molecule has 19 nitrogen and oxygen atoms in total. The van der Waals surface area contributed by atoms with Crippen molar-refractivity contribution in [1.29, 1.82) is 0 Å². The molecule has 670 valence electrons. The Kier molecular flexibility index (Phi) is 69.3. The second-order valence-corrected chi connectivity index (χ2v) is 34.2. The van der Waals surface area contributed by atoms with E-state index in [4.69, 9.17) is 28.4 Å². The third-order valence-electron chi connectivity index (χ3n) is 23.9. The molecule has 0 radical (unpaired) electrons. The molecule has 0 bridgehead atoms. The second-order valence-electron chi connectivity index (χ2n) is 34.2. The SMILES string of the molecule is CCCCCCC/C=C\C/C=C\C/C=C\CCCCCCCCCCCCCCCCCCCCCCCCC(=O)NC(COC1OC(CO)C(OC2OC(CO)C(OC3OC(CO)C(O)C(O)C3O)C(O)C2O)C(O)C1O)C(O)/C=C/CCCCCCCCCCCCCCCCCCCCCCCCCCCCCCCC. The van der Waals surface area contributed by atoms with Crippen molar-refractivity contribution in [2.45, 2.75) is 523 Å². The highest BCUT2D eigenvalue weighted by Gasteiger charge is 2.54. The van der Waals surface area contributed by atoms with Crippen molar-refractivity contribution in [3.8, 4) is 0 Å². The summed E-state index contributed by atoms with van der Waals surface area (Å²) in [4.78, 5) is 13.5. The van der Waals surface area contributed by atoms with E-state index in [9.17, 15) is 61.0 Å². The molecular formula is C95H177NO18. The second kappa shape index (κ2) is 74.6. The first-order valence-electron chi connectivity index (χ1n) is 47.9. The molecule has 0 aromatic heterocycles. The summed E-state index contributed by atoms with van der Waals surface area (Å²) in [6.45, 7) is 1.80. The number of amides is 1. The van der Waals surface area contributed by atoms with Gasteiger partial charge in [-0.3, -0.25) is 4.79 Å². The van der Waals surface area contributed by atoms with Gasteiger partial charge in [-0.05, 0) is 57.8 Å². The van der Waals surface area contributed by atoms with Gasteiger partial charge in [0.1, 0.15) is 73.2 Å². The minimum Gasteiger partial charge on any atom is -0.394 e. The molecule has 3 aliphatic rings. The van der Waals surface area contributed by atoms with E-state index in [1.54, 1.807) is 6.08 Å². The van der Waals surface area contributed by atoms with Gasteiger partial charge in [0.05, 0.1) is 38.6 Å². The lowest BCUT2D eigenvalue weighted by Gasteiger charge is -2.48. The van der Waals surface area contributed by atoms with Gasteiger partial charge in [0.2, 0.25) is 5.91 Å². The van der Waals surface area contributed by atoms with E-state index in [1.807, 2.05) is 6.08 Å². The summed E-state index contributed by atoms with van der Waals surface area (Å²) in [6.07, 6.45) is 71.3. The van der Waals surface area contributed by atoms with Gasteiger partial charge in [0.15, 0.2) is 18.9 Å². The molecule has 19 heteroatoms. The summed E-state index contributed by atoms with van der Waals surface area (Å²) in [7, 11) is 0. The van der Waals surface area contributed by atoms with Gasteiger partial charge in [-0.2, -0.15) is 0 Å². The number of allylic oxidation sites excluding steroid dienone is 7. The van der Waals surface area contributed by atoms with Crippen molar-refractivity contribution >= 4 is 5.91 Å². The molecule has 0 spiro atoms. The highest BCUT2D eigenvalue weighted by Crippen LogP contribution is 2.34. The van der Waals surface area contributed by atoms with Crippen LogP contribution in [0.2, 0.25) is 0 Å². The number of carbonyl (C=O) groups excluding carboxylic acids is 1. The van der Waals surface area contributed by atoms with E-state index in [0.29, 0.717) is 6.42 Å². The third kappa shape index (κ3) is 52.2. The maximum Gasteiger partial charge on any atom is 0.220 e. The molecule has 0 aliphatic carbocycles. The minimum absolute atomic E-state index is 0.247. The monoisotopic (exact) mass is 1620 g/mol. The standard InChI is InChI=1S/C95H177NO18/c1-3-5-7-9-11-13-15-17-19-21-23-25-27-29-31-33-35-37-38-39-40-41-43-45-47-49-51-53-55-57-59-61-63-65-67-69-71-73-83(101)96-78(79(100)72-70-68-66-64-62-60-58-56-54-52-50-48-46-44-42-36-34-32-30-28-26-24-22-20-18-16-14-12-10-8-6-4-2)77-109-93-89(107)86(104)91(81(75-98)111-93)114-95-90(108)87(105)92(82(76-99)112-95)113-94-88(106)85(103)84(102)80(74-97)110-94/h15,17,21,23,27,29,70,72,78-82,84-95,97-100,102-108H,3-14,16,18-20,22,24-26,28,30-69,71,73-77H2,1-2H3,(H,96,101)/b17-15-,23-21-,29-27-,72-70+. The number of unbranched alkanes of at least 4 members (excludes halogenated alkanes) is 57. The number of rotatable bonds is 79. The van der Waals surface area contributed by atoms with Crippen LogP contribution in [0.1, 0.15) is 418 Å². The van der Waals surface area contributed by atoms with Crippen LogP contribution in [-0.2, 0) is 33.2 Å². The van der Waals surface area contributed by atoms with Crippen LogP contribution in [0.5, 0.6) is 0 Å². The van der Waals surface area contributed by atoms with Crippen molar-refractivity contribution in [1.82, 2.24) is 5.32 Å². The van der Waals surface area contributed by atoms with E-state index < -0.39 is 124 Å². The first-order valence-corrected chi connectivity index (χ1v) is 47.9. The van der Waals surface area contributed by atoms with Crippen LogP contribution >= 0.6 is 0 Å². The Bertz CT molecular complexity index is 2240. The quantitative estimate of drug-likeness (QED) is 0.0199. The van der Waals surface area contributed by atoms with E-state index in [-0.39, 0.29) is 18.9 Å². The van der Waals surface area contributed by atoms with Crippen molar-refractivity contribution in [2.75, 3.05) is 26.4 Å². The van der Waals surface area contributed by atoms with Gasteiger partial charge in [-0.1, -0.05) is 403 Å². The van der Waals surface area contributed by atoms with Gasteiger partial charge in [-0.15, -0.1) is 0 Å². The summed E-state index contributed by atoms with van der Waals surface area (Å²) in [5, 5.41) is 121. The molecule has 17 unspecified atom stereocenters. The van der Waals surface area contributed by atoms with E-state index >= 15 is 0 Å². The number of nitrogens with one attached hydrogen (secondary N) is 1. The Hall–Kier alpha value is -2.25. The largest absolute Gasteiger partial charge is 0.394 e. The zero-order chi connectivity index (χ0) is 82.4. The summed E-state index contributed by atoms with van der Waals surface area (Å²) < 4.78 is 34.6. The first-order chi connectivity index (χ1) is 55.8. The van der Waals surface area contributed by atoms with Gasteiger partial charge in [-0.25, -0.2) is 0 Å². The van der Waals surface area contributed by atoms with Crippen molar-refractivity contribution in [3.63, 3.8) is 0 Å². The maximum atomic E-state index is 13.5. The Morgan fingerprint density at radius 1 is 0.316 bits per heavy atom. The highest BCUT2D eigenvalue weighted by molar-refractivity contribution is 5.76. The van der Waals surface area contributed by atoms with Crippen LogP contribution in [0.3, 0.4) is 0 Å². The number of hydrogen-bond acceptors (Lipinski definition) is 18. The molecular weight excluding hydrogens is 1440 g/mol. The summed E-state index contributed by atoms with van der Waals surface area (Å²) >= 11 is 0. The van der Waals surface area contributed by atoms with Crippen LogP contribution < -0.4 is 5.32 Å². The molecule has 1 amide bonds. The molecule has 114 heavy (non-hydrogen) atoms. The Morgan fingerprint density at radius 3 is 0.904 bits per heavy atom. The van der Waals surface area contributed by atoms with Gasteiger partial charge in [0.25, 0.3) is 0 Å². The average molecular weight is 1620 g/mol. The van der Waals surface area contributed by atoms with Crippen LogP contribution in [0, 0.1) is 0 Å². The highest BCUT2D eigenvalue weighted by atomic mass is 16.8. The van der Waals surface area contributed by atoms with Crippen LogP contribution in [0.25, 0.3) is 0 Å². The lowest BCUT2D eigenvalue weighted by molar-refractivity contribution is -0.379. The fourth-order valence-corrected chi connectivity index (χ4v) is 16.3. The topological polar surface area (TPSA) is 307 Å². The normalized spacial score (nSPS) is 24.9. The number of aliphatic hydroxyl groups excluding tert-OH is 11. The molecule has 3 saturated heterocycles. The predicted molar refractivity (Wildman–Crippen MR) is 462 cm³/mol. The average Bonchev–Trinajstić information content (AvgIpc) is 0.777. The van der Waals surface area contributed by atoms with E-state index in [0.717, 1.165) is 57.8 Å². The lowest BCUT2D eigenvalue weighted by atomic mass is 9.96. The van der Waals surface area contributed by atoms with E-state index in [2.05, 4.69) is 55.6 Å². The Morgan fingerprint density at radius 2 is 0.579 bits per heavy atom. The zero-order valence-electron chi connectivity index (χ0n) is 72.6. The summed E-state index contributed by atoms with van der Waals surface area (Å²) in [6, 6.07) is -0.975. The van der Waals surface area contributed by atoms with Crippen LogP contribution in [-0.4, -0.2) is 193 Å². The fraction of sp³-hybridized carbons (Fsp3) is 0.905. The number of carbonyl (C=O) groups is 1. The lowest BCUT2D eigenvalue weighted by Crippen LogP contribution is -2.66. The molecule has 0 aromatic carbocycles. The molecule has 0 aromatic rings. The summed E-state index contributed by atoms with van der Waals surface area (Å²) in [5.41, 5.74) is 0. The summed E-state index contributed by atoms with van der Waals surface area (Å²) in [5.74, 6) is -0.267. The molecule has 3 rings (SSSR count). The fourth-order valence-electron chi connectivity index (χ4n) is 16.3.